The lowest BCUT2D eigenvalue weighted by atomic mass is 9.83. The average molecular weight is 338 g/mol. The van der Waals surface area contributed by atoms with Crippen LogP contribution in [0.2, 0.25) is 0 Å². The van der Waals surface area contributed by atoms with E-state index in [-0.39, 0.29) is 24.3 Å². The first-order valence-electron chi connectivity index (χ1n) is 7.48. The number of aromatic nitrogens is 1. The van der Waals surface area contributed by atoms with E-state index >= 15 is 0 Å². The zero-order valence-corrected chi connectivity index (χ0v) is 14.6. The van der Waals surface area contributed by atoms with Crippen molar-refractivity contribution in [1.82, 2.24) is 10.3 Å². The predicted octanol–water partition coefficient (Wildman–Crippen LogP) is 3.33. The van der Waals surface area contributed by atoms with Gasteiger partial charge in [0.1, 0.15) is 5.01 Å². The normalized spacial score (nSPS) is 11.6. The molecule has 0 aromatic carbocycles. The number of nitrogens with one attached hydrogen (secondary N) is 1. The molecule has 0 aliphatic rings. The van der Waals surface area contributed by atoms with Crippen LogP contribution in [0.15, 0.2) is 22.9 Å². The number of amides is 1. The fraction of sp³-hybridized carbons (Fsp3) is 0.500. The lowest BCUT2D eigenvalue weighted by molar-refractivity contribution is -0.121. The van der Waals surface area contributed by atoms with Crippen LogP contribution in [0.5, 0.6) is 0 Å². The molecule has 2 N–H and O–H groups in total. The Balaban J connectivity index is 1.90. The number of rotatable bonds is 8. The van der Waals surface area contributed by atoms with E-state index in [1.807, 2.05) is 36.7 Å². The molecule has 0 spiro atoms. The topological polar surface area (TPSA) is 62.2 Å². The summed E-state index contributed by atoms with van der Waals surface area (Å²) in [4.78, 5) is 17.7. The maximum atomic E-state index is 12.1. The number of aliphatic hydroxyl groups excluding tert-OH is 1. The van der Waals surface area contributed by atoms with Crippen LogP contribution in [-0.4, -0.2) is 29.1 Å². The summed E-state index contributed by atoms with van der Waals surface area (Å²) in [5.41, 5.74) is 0.591. The number of nitrogens with zero attached hydrogens (tertiary/aromatic N) is 1. The molecule has 2 heterocycles. The second kappa shape index (κ2) is 7.85. The van der Waals surface area contributed by atoms with Crippen LogP contribution in [0.4, 0.5) is 0 Å². The molecular weight excluding hydrogens is 316 g/mol. The number of hydrogen-bond acceptors (Lipinski definition) is 5. The predicted molar refractivity (Wildman–Crippen MR) is 92.2 cm³/mol. The summed E-state index contributed by atoms with van der Waals surface area (Å²) in [5, 5.41) is 17.4. The van der Waals surface area contributed by atoms with Crippen molar-refractivity contribution >= 4 is 28.6 Å². The summed E-state index contributed by atoms with van der Waals surface area (Å²) in [6.07, 6.45) is 1.98. The highest BCUT2D eigenvalue weighted by Crippen LogP contribution is 2.28. The smallest absolute Gasteiger partial charge is 0.226 e. The number of carbonyl (C=O) groups is 1. The molecule has 22 heavy (non-hydrogen) atoms. The Morgan fingerprint density at radius 1 is 1.36 bits per heavy atom. The van der Waals surface area contributed by atoms with E-state index in [9.17, 15) is 9.90 Å². The minimum absolute atomic E-state index is 0.0391. The highest BCUT2D eigenvalue weighted by atomic mass is 32.1. The third-order valence-electron chi connectivity index (χ3n) is 4.12. The number of aliphatic hydroxyl groups is 1. The zero-order chi connectivity index (χ0) is 16.0. The first kappa shape index (κ1) is 17.1. The number of thiophene rings is 1. The fourth-order valence-electron chi connectivity index (χ4n) is 2.19. The SMILES string of the molecule is CCC(CC)(CO)CNC(=O)Cc1csc(-c2cccs2)n1. The fourth-order valence-corrected chi connectivity index (χ4v) is 3.83. The summed E-state index contributed by atoms with van der Waals surface area (Å²) >= 11 is 3.22. The van der Waals surface area contributed by atoms with Crippen LogP contribution in [0.25, 0.3) is 9.88 Å². The van der Waals surface area contributed by atoms with E-state index in [1.165, 1.54) is 0 Å². The van der Waals surface area contributed by atoms with Gasteiger partial charge in [0.2, 0.25) is 5.91 Å². The van der Waals surface area contributed by atoms with Crippen LogP contribution in [-0.2, 0) is 11.2 Å². The Hall–Kier alpha value is -1.24. The Labute approximate surface area is 139 Å². The highest BCUT2D eigenvalue weighted by Gasteiger charge is 2.25. The van der Waals surface area contributed by atoms with Gasteiger partial charge in [0.25, 0.3) is 0 Å². The molecule has 0 atom stereocenters. The minimum atomic E-state index is -0.208. The van der Waals surface area contributed by atoms with Gasteiger partial charge in [-0.05, 0) is 24.3 Å². The molecular formula is C16H22N2O2S2. The lowest BCUT2D eigenvalue weighted by Crippen LogP contribution is -2.40. The van der Waals surface area contributed by atoms with Gasteiger partial charge in [0, 0.05) is 17.3 Å². The minimum Gasteiger partial charge on any atom is -0.396 e. The van der Waals surface area contributed by atoms with E-state index in [4.69, 9.17) is 0 Å². The molecule has 0 saturated heterocycles. The molecule has 2 rings (SSSR count). The van der Waals surface area contributed by atoms with Crippen molar-refractivity contribution in [3.05, 3.63) is 28.6 Å². The van der Waals surface area contributed by atoms with Gasteiger partial charge in [-0.1, -0.05) is 19.9 Å². The third kappa shape index (κ3) is 4.15. The summed E-state index contributed by atoms with van der Waals surface area (Å²) in [7, 11) is 0. The molecule has 4 nitrogen and oxygen atoms in total. The standard InChI is InChI=1S/C16H22N2O2S2/c1-3-16(4-2,11-19)10-17-14(20)8-12-9-22-15(18-12)13-6-5-7-21-13/h5-7,9,19H,3-4,8,10-11H2,1-2H3,(H,17,20). The highest BCUT2D eigenvalue weighted by molar-refractivity contribution is 7.20. The number of hydrogen-bond donors (Lipinski definition) is 2. The van der Waals surface area contributed by atoms with Gasteiger partial charge in [-0.2, -0.15) is 0 Å². The van der Waals surface area contributed by atoms with Gasteiger partial charge < -0.3 is 10.4 Å². The van der Waals surface area contributed by atoms with Crippen molar-refractivity contribution in [1.29, 1.82) is 0 Å². The molecule has 2 aromatic heterocycles. The quantitative estimate of drug-likeness (QED) is 0.776. The molecule has 6 heteroatoms. The maximum Gasteiger partial charge on any atom is 0.226 e. The van der Waals surface area contributed by atoms with Crippen molar-refractivity contribution < 1.29 is 9.90 Å². The molecule has 0 aliphatic heterocycles. The number of carbonyl (C=O) groups excluding carboxylic acids is 1. The first-order chi connectivity index (χ1) is 10.6. The van der Waals surface area contributed by atoms with Gasteiger partial charge in [0.15, 0.2) is 0 Å². The van der Waals surface area contributed by atoms with Gasteiger partial charge in [0.05, 0.1) is 23.6 Å². The maximum absolute atomic E-state index is 12.1. The summed E-state index contributed by atoms with van der Waals surface area (Å²) < 4.78 is 0. The van der Waals surface area contributed by atoms with E-state index in [2.05, 4.69) is 10.3 Å². The molecule has 2 aromatic rings. The monoisotopic (exact) mass is 338 g/mol. The van der Waals surface area contributed by atoms with Crippen molar-refractivity contribution in [2.75, 3.05) is 13.2 Å². The van der Waals surface area contributed by atoms with E-state index in [0.29, 0.717) is 6.54 Å². The van der Waals surface area contributed by atoms with Crippen LogP contribution in [0.1, 0.15) is 32.4 Å². The zero-order valence-electron chi connectivity index (χ0n) is 13.0. The Morgan fingerprint density at radius 2 is 2.14 bits per heavy atom. The van der Waals surface area contributed by atoms with Crippen molar-refractivity contribution in [2.24, 2.45) is 5.41 Å². The molecule has 120 valence electrons. The Morgan fingerprint density at radius 3 is 2.73 bits per heavy atom. The molecule has 0 unspecified atom stereocenters. The van der Waals surface area contributed by atoms with Crippen LogP contribution in [0, 0.1) is 5.41 Å². The summed E-state index contributed by atoms with van der Waals surface area (Å²) in [5.74, 6) is -0.0391. The van der Waals surface area contributed by atoms with E-state index in [0.717, 1.165) is 28.4 Å². The van der Waals surface area contributed by atoms with Gasteiger partial charge in [-0.15, -0.1) is 22.7 Å². The number of thiazole rings is 1. The molecule has 0 fully saturated rings. The summed E-state index contributed by atoms with van der Waals surface area (Å²) in [6.45, 7) is 4.69. The first-order valence-corrected chi connectivity index (χ1v) is 9.24. The van der Waals surface area contributed by atoms with Crippen LogP contribution < -0.4 is 5.32 Å². The van der Waals surface area contributed by atoms with Gasteiger partial charge >= 0.3 is 0 Å². The second-order valence-electron chi connectivity index (χ2n) is 5.44. The van der Waals surface area contributed by atoms with Gasteiger partial charge in [-0.3, -0.25) is 4.79 Å². The molecule has 0 aliphatic carbocycles. The largest absolute Gasteiger partial charge is 0.396 e. The van der Waals surface area contributed by atoms with Crippen molar-refractivity contribution in [3.63, 3.8) is 0 Å². The van der Waals surface area contributed by atoms with Crippen LogP contribution >= 0.6 is 22.7 Å². The third-order valence-corrected chi connectivity index (χ3v) is 6.05. The lowest BCUT2D eigenvalue weighted by Gasteiger charge is -2.29. The van der Waals surface area contributed by atoms with Crippen LogP contribution in [0.3, 0.4) is 0 Å². The summed E-state index contributed by atoms with van der Waals surface area (Å²) in [6, 6.07) is 4.03. The molecule has 1 amide bonds. The van der Waals surface area contributed by atoms with Crippen molar-refractivity contribution in [2.45, 2.75) is 33.1 Å². The Kier molecular flexibility index (Phi) is 6.11. The molecule has 0 saturated carbocycles. The average Bonchev–Trinajstić information content (AvgIpc) is 3.20. The molecule has 0 bridgehead atoms. The van der Waals surface area contributed by atoms with Crippen molar-refractivity contribution in [3.8, 4) is 9.88 Å². The van der Waals surface area contributed by atoms with E-state index < -0.39 is 0 Å². The molecule has 0 radical (unpaired) electrons. The van der Waals surface area contributed by atoms with E-state index in [1.54, 1.807) is 22.7 Å². The van der Waals surface area contributed by atoms with Gasteiger partial charge in [-0.25, -0.2) is 4.98 Å². The Bertz CT molecular complexity index is 581. The second-order valence-corrected chi connectivity index (χ2v) is 7.25.